The number of hydrogen-bond donors (Lipinski definition) is 0. The molecule has 1 heterocycles. The lowest BCUT2D eigenvalue weighted by atomic mass is 10.2. The third-order valence-electron chi connectivity index (χ3n) is 2.04. The topological polar surface area (TPSA) is 3.24 Å². The van der Waals surface area contributed by atoms with E-state index in [1.165, 1.54) is 5.57 Å². The predicted molar refractivity (Wildman–Crippen MR) is 49.7 cm³/mol. The molecule has 0 aromatic heterocycles. The van der Waals surface area contributed by atoms with Crippen LogP contribution in [0.3, 0.4) is 0 Å². The Morgan fingerprint density at radius 3 is 3.08 bits per heavy atom. The number of halogens is 1. The van der Waals surface area contributed by atoms with Gasteiger partial charge in [-0.3, -0.25) is 4.90 Å². The van der Waals surface area contributed by atoms with Crippen molar-refractivity contribution in [1.82, 2.24) is 4.90 Å². The molecule has 0 fully saturated rings. The number of hydrogen-bond acceptors (Lipinski definition) is 1. The molecule has 0 aliphatic carbocycles. The number of nitrogens with zero attached hydrogens (tertiary/aromatic N) is 1. The Morgan fingerprint density at radius 2 is 2.50 bits per heavy atom. The quantitative estimate of drug-likeness (QED) is 0.587. The molecule has 0 atom stereocenters. The second kappa shape index (κ2) is 4.41. The minimum absolute atomic E-state index is 0.0166. The molecule has 1 aliphatic heterocycles. The van der Waals surface area contributed by atoms with Gasteiger partial charge in [-0.25, -0.2) is 4.39 Å². The molecule has 0 N–H and O–H groups in total. The summed E-state index contributed by atoms with van der Waals surface area (Å²) in [5, 5.41) is 0. The summed E-state index contributed by atoms with van der Waals surface area (Å²) in [6.07, 6.45) is 3.51. The average molecular weight is 169 g/mol. The molecule has 0 saturated carbocycles. The lowest BCUT2D eigenvalue weighted by Gasteiger charge is -2.23. The summed E-state index contributed by atoms with van der Waals surface area (Å²) in [4.78, 5) is 2.13. The van der Waals surface area contributed by atoms with E-state index < -0.39 is 0 Å². The van der Waals surface area contributed by atoms with Crippen LogP contribution in [-0.2, 0) is 0 Å². The highest BCUT2D eigenvalue weighted by Gasteiger charge is 2.10. The maximum absolute atomic E-state index is 12.8. The summed E-state index contributed by atoms with van der Waals surface area (Å²) < 4.78 is 12.8. The second-order valence-electron chi connectivity index (χ2n) is 3.42. The van der Waals surface area contributed by atoms with Crippen molar-refractivity contribution in [2.45, 2.75) is 19.8 Å². The SMILES string of the molecule is C=C(C)CCN1CCC=C(F)C1. The second-order valence-corrected chi connectivity index (χ2v) is 3.42. The largest absolute Gasteiger partial charge is 0.296 e. The Morgan fingerprint density at radius 1 is 1.75 bits per heavy atom. The lowest BCUT2D eigenvalue weighted by Crippen LogP contribution is -2.30. The molecule has 12 heavy (non-hydrogen) atoms. The highest BCUT2D eigenvalue weighted by Crippen LogP contribution is 2.11. The molecule has 0 radical (unpaired) electrons. The van der Waals surface area contributed by atoms with Crippen LogP contribution in [0, 0.1) is 0 Å². The first kappa shape index (κ1) is 9.46. The molecule has 0 saturated heterocycles. The molecule has 0 aromatic rings. The molecular weight excluding hydrogens is 153 g/mol. The minimum Gasteiger partial charge on any atom is -0.296 e. The van der Waals surface area contributed by atoms with E-state index in [4.69, 9.17) is 0 Å². The van der Waals surface area contributed by atoms with Crippen molar-refractivity contribution < 1.29 is 4.39 Å². The molecule has 68 valence electrons. The van der Waals surface area contributed by atoms with Crippen molar-refractivity contribution in [3.05, 3.63) is 24.1 Å². The minimum atomic E-state index is 0.0166. The maximum Gasteiger partial charge on any atom is 0.110 e. The van der Waals surface area contributed by atoms with Crippen LogP contribution in [0.1, 0.15) is 19.8 Å². The molecule has 0 unspecified atom stereocenters. The van der Waals surface area contributed by atoms with Crippen LogP contribution in [0.25, 0.3) is 0 Å². The van der Waals surface area contributed by atoms with E-state index in [0.29, 0.717) is 6.54 Å². The van der Waals surface area contributed by atoms with Gasteiger partial charge in [-0.05, 0) is 19.8 Å². The Kier molecular flexibility index (Phi) is 3.48. The normalized spacial score (nSPS) is 19.0. The fraction of sp³-hybridized carbons (Fsp3) is 0.600. The molecule has 1 nitrogen and oxygen atoms in total. The highest BCUT2D eigenvalue weighted by molar-refractivity contribution is 5.00. The van der Waals surface area contributed by atoms with Crippen LogP contribution in [0.4, 0.5) is 4.39 Å². The number of rotatable bonds is 3. The van der Waals surface area contributed by atoms with E-state index in [0.717, 1.165) is 25.9 Å². The molecule has 0 spiro atoms. The Balaban J connectivity index is 2.26. The first-order valence-corrected chi connectivity index (χ1v) is 4.40. The Hall–Kier alpha value is -0.630. The maximum atomic E-state index is 12.8. The van der Waals surface area contributed by atoms with Crippen LogP contribution < -0.4 is 0 Å². The molecule has 0 amide bonds. The van der Waals surface area contributed by atoms with Gasteiger partial charge in [0.2, 0.25) is 0 Å². The zero-order valence-corrected chi connectivity index (χ0v) is 7.65. The lowest BCUT2D eigenvalue weighted by molar-refractivity contribution is 0.270. The molecule has 0 aromatic carbocycles. The van der Waals surface area contributed by atoms with Crippen LogP contribution >= 0.6 is 0 Å². The smallest absolute Gasteiger partial charge is 0.110 e. The van der Waals surface area contributed by atoms with Gasteiger partial charge in [0.05, 0.1) is 0 Å². The molecule has 2 heteroatoms. The average Bonchev–Trinajstić information content (AvgIpc) is 2.01. The third-order valence-corrected chi connectivity index (χ3v) is 2.04. The van der Waals surface area contributed by atoms with Gasteiger partial charge >= 0.3 is 0 Å². The zero-order chi connectivity index (χ0) is 8.97. The van der Waals surface area contributed by atoms with E-state index in [1.807, 2.05) is 6.92 Å². The van der Waals surface area contributed by atoms with Gasteiger partial charge in [0, 0.05) is 19.6 Å². The van der Waals surface area contributed by atoms with Crippen molar-refractivity contribution in [1.29, 1.82) is 0 Å². The van der Waals surface area contributed by atoms with Gasteiger partial charge in [-0.15, -0.1) is 6.58 Å². The summed E-state index contributed by atoms with van der Waals surface area (Å²) in [6, 6.07) is 0. The Bertz CT molecular complexity index is 196. The first-order chi connectivity index (χ1) is 5.68. The van der Waals surface area contributed by atoms with Gasteiger partial charge in [-0.2, -0.15) is 0 Å². The zero-order valence-electron chi connectivity index (χ0n) is 7.65. The van der Waals surface area contributed by atoms with Crippen LogP contribution in [0.2, 0.25) is 0 Å². The summed E-state index contributed by atoms with van der Waals surface area (Å²) in [7, 11) is 0. The molecular formula is C10H16FN. The van der Waals surface area contributed by atoms with Crippen molar-refractivity contribution >= 4 is 0 Å². The first-order valence-electron chi connectivity index (χ1n) is 4.40. The third kappa shape index (κ3) is 3.18. The van der Waals surface area contributed by atoms with Crippen LogP contribution in [-0.4, -0.2) is 24.5 Å². The van der Waals surface area contributed by atoms with E-state index in [-0.39, 0.29) is 5.83 Å². The van der Waals surface area contributed by atoms with E-state index in [9.17, 15) is 4.39 Å². The molecule has 0 bridgehead atoms. The van der Waals surface area contributed by atoms with Gasteiger partial charge in [0.15, 0.2) is 0 Å². The van der Waals surface area contributed by atoms with Gasteiger partial charge < -0.3 is 0 Å². The van der Waals surface area contributed by atoms with E-state index in [2.05, 4.69) is 11.5 Å². The van der Waals surface area contributed by atoms with E-state index >= 15 is 0 Å². The van der Waals surface area contributed by atoms with Crippen molar-refractivity contribution in [2.75, 3.05) is 19.6 Å². The summed E-state index contributed by atoms with van der Waals surface area (Å²) in [5.74, 6) is 0.0166. The summed E-state index contributed by atoms with van der Waals surface area (Å²) in [6.45, 7) is 8.25. The standard InChI is InChI=1S/C10H16FN/c1-9(2)5-7-12-6-3-4-10(11)8-12/h4H,1,3,5-8H2,2H3. The molecule has 1 rings (SSSR count). The van der Waals surface area contributed by atoms with Gasteiger partial charge in [0.1, 0.15) is 5.83 Å². The summed E-state index contributed by atoms with van der Waals surface area (Å²) >= 11 is 0. The molecule has 1 aliphatic rings. The van der Waals surface area contributed by atoms with Gasteiger partial charge in [-0.1, -0.05) is 11.6 Å². The van der Waals surface area contributed by atoms with Crippen LogP contribution in [0.5, 0.6) is 0 Å². The van der Waals surface area contributed by atoms with Crippen molar-refractivity contribution in [3.63, 3.8) is 0 Å². The van der Waals surface area contributed by atoms with E-state index in [1.54, 1.807) is 6.08 Å². The monoisotopic (exact) mass is 169 g/mol. The predicted octanol–water partition coefficient (Wildman–Crippen LogP) is 2.51. The fourth-order valence-electron chi connectivity index (χ4n) is 1.30. The van der Waals surface area contributed by atoms with Gasteiger partial charge in [0.25, 0.3) is 0 Å². The van der Waals surface area contributed by atoms with Crippen molar-refractivity contribution in [3.8, 4) is 0 Å². The summed E-state index contributed by atoms with van der Waals surface area (Å²) in [5.41, 5.74) is 1.17. The van der Waals surface area contributed by atoms with Crippen molar-refractivity contribution in [2.24, 2.45) is 0 Å². The Labute approximate surface area is 73.6 Å². The highest BCUT2D eigenvalue weighted by atomic mass is 19.1. The fourth-order valence-corrected chi connectivity index (χ4v) is 1.30. The van der Waals surface area contributed by atoms with Crippen LogP contribution in [0.15, 0.2) is 24.1 Å².